The van der Waals surface area contributed by atoms with Crippen molar-refractivity contribution in [2.45, 2.75) is 19.5 Å². The molecule has 0 atom stereocenters. The van der Waals surface area contributed by atoms with Gasteiger partial charge in [0.1, 0.15) is 0 Å². The Labute approximate surface area is 154 Å². The van der Waals surface area contributed by atoms with Crippen molar-refractivity contribution in [2.24, 2.45) is 5.92 Å². The number of carbonyl (C=O) groups excluding carboxylic acids is 2. The Morgan fingerprint density at radius 1 is 1.04 bits per heavy atom. The summed E-state index contributed by atoms with van der Waals surface area (Å²) < 4.78 is 34.4. The van der Waals surface area contributed by atoms with Crippen LogP contribution in [0.25, 0.3) is 0 Å². The fourth-order valence-corrected chi connectivity index (χ4v) is 2.47. The van der Waals surface area contributed by atoms with E-state index in [4.69, 9.17) is 4.74 Å². The first-order chi connectivity index (χ1) is 13.0. The number of hydrogen-bond acceptors (Lipinski definition) is 4. The Kier molecular flexibility index (Phi) is 5.54. The fourth-order valence-electron chi connectivity index (χ4n) is 2.47. The van der Waals surface area contributed by atoms with Gasteiger partial charge in [-0.25, -0.2) is 0 Å². The van der Waals surface area contributed by atoms with Crippen LogP contribution in [0.1, 0.15) is 23.2 Å². The fraction of sp³-hybridized carbons (Fsp3) is 0.263. The molecule has 0 saturated heterocycles. The van der Waals surface area contributed by atoms with Crippen molar-refractivity contribution in [3.05, 3.63) is 48.0 Å². The van der Waals surface area contributed by atoms with Crippen LogP contribution < -0.4 is 20.1 Å². The van der Waals surface area contributed by atoms with E-state index in [1.54, 1.807) is 24.3 Å². The highest BCUT2D eigenvalue weighted by atomic mass is 19.3. The molecule has 1 fully saturated rings. The van der Waals surface area contributed by atoms with Crippen LogP contribution in [-0.4, -0.2) is 25.5 Å². The van der Waals surface area contributed by atoms with E-state index in [-0.39, 0.29) is 29.0 Å². The van der Waals surface area contributed by atoms with Crippen LogP contribution >= 0.6 is 0 Å². The average molecular weight is 376 g/mol. The average Bonchev–Trinajstić information content (AvgIpc) is 3.47. The standard InChI is InChI=1S/C19H18F2N2O4/c1-26-15-8-7-14(10-16(15)27-19(20)21)23-18(25)12-3-2-4-13(9-12)22-17(24)11-5-6-11/h2-4,7-11,19H,5-6H2,1H3,(H,22,24)(H,23,25). The van der Waals surface area contributed by atoms with Gasteiger partial charge < -0.3 is 20.1 Å². The molecule has 0 spiro atoms. The molecule has 142 valence electrons. The predicted octanol–water partition coefficient (Wildman–Crippen LogP) is 3.90. The summed E-state index contributed by atoms with van der Waals surface area (Å²) in [6.45, 7) is -3.02. The van der Waals surface area contributed by atoms with E-state index in [2.05, 4.69) is 15.4 Å². The van der Waals surface area contributed by atoms with Gasteiger partial charge >= 0.3 is 6.61 Å². The van der Waals surface area contributed by atoms with Crippen molar-refractivity contribution in [3.8, 4) is 11.5 Å². The van der Waals surface area contributed by atoms with Gasteiger partial charge in [-0.1, -0.05) is 6.07 Å². The van der Waals surface area contributed by atoms with Crippen molar-refractivity contribution in [1.29, 1.82) is 0 Å². The summed E-state index contributed by atoms with van der Waals surface area (Å²) in [6, 6.07) is 10.7. The highest BCUT2D eigenvalue weighted by Gasteiger charge is 2.29. The lowest BCUT2D eigenvalue weighted by Crippen LogP contribution is -2.15. The molecule has 0 aliphatic heterocycles. The smallest absolute Gasteiger partial charge is 0.387 e. The van der Waals surface area contributed by atoms with Gasteiger partial charge in [-0.15, -0.1) is 0 Å². The van der Waals surface area contributed by atoms with E-state index in [1.165, 1.54) is 25.3 Å². The molecule has 8 heteroatoms. The van der Waals surface area contributed by atoms with Crippen molar-refractivity contribution < 1.29 is 27.8 Å². The molecular formula is C19H18F2N2O4. The molecule has 2 aromatic carbocycles. The number of alkyl halides is 2. The predicted molar refractivity (Wildman–Crippen MR) is 95.4 cm³/mol. The zero-order valence-electron chi connectivity index (χ0n) is 14.5. The van der Waals surface area contributed by atoms with Crippen LogP contribution in [-0.2, 0) is 4.79 Å². The Bertz CT molecular complexity index is 853. The summed E-state index contributed by atoms with van der Waals surface area (Å²) in [5.41, 5.74) is 1.11. The molecule has 1 aliphatic carbocycles. The van der Waals surface area contributed by atoms with Crippen molar-refractivity contribution in [1.82, 2.24) is 0 Å². The molecule has 2 aromatic rings. The van der Waals surface area contributed by atoms with E-state index in [0.29, 0.717) is 11.3 Å². The normalized spacial score (nSPS) is 13.2. The molecular weight excluding hydrogens is 358 g/mol. The number of carbonyl (C=O) groups is 2. The Hall–Kier alpha value is -3.16. The molecule has 0 aromatic heterocycles. The molecule has 0 bridgehead atoms. The number of ether oxygens (including phenoxy) is 2. The first-order valence-corrected chi connectivity index (χ1v) is 8.31. The third-order valence-electron chi connectivity index (χ3n) is 3.98. The number of nitrogens with one attached hydrogen (secondary N) is 2. The molecule has 2 N–H and O–H groups in total. The van der Waals surface area contributed by atoms with E-state index >= 15 is 0 Å². The lowest BCUT2D eigenvalue weighted by Gasteiger charge is -2.12. The van der Waals surface area contributed by atoms with E-state index in [1.807, 2.05) is 0 Å². The molecule has 3 rings (SSSR count). The summed E-state index contributed by atoms with van der Waals surface area (Å²) in [5, 5.41) is 5.38. The second kappa shape index (κ2) is 8.03. The summed E-state index contributed by atoms with van der Waals surface area (Å²) in [6.07, 6.45) is 1.76. The van der Waals surface area contributed by atoms with Crippen LogP contribution in [0.2, 0.25) is 0 Å². The monoisotopic (exact) mass is 376 g/mol. The minimum atomic E-state index is -3.02. The van der Waals surface area contributed by atoms with Gasteiger partial charge in [0.2, 0.25) is 5.91 Å². The van der Waals surface area contributed by atoms with Gasteiger partial charge in [-0.2, -0.15) is 8.78 Å². The first-order valence-electron chi connectivity index (χ1n) is 8.31. The Balaban J connectivity index is 1.72. The lowest BCUT2D eigenvalue weighted by atomic mass is 10.1. The number of benzene rings is 2. The molecule has 2 amide bonds. The van der Waals surface area contributed by atoms with Gasteiger partial charge in [-0.3, -0.25) is 9.59 Å². The number of rotatable bonds is 7. The highest BCUT2D eigenvalue weighted by molar-refractivity contribution is 6.05. The molecule has 1 saturated carbocycles. The lowest BCUT2D eigenvalue weighted by molar-refractivity contribution is -0.117. The van der Waals surface area contributed by atoms with E-state index < -0.39 is 12.5 Å². The molecule has 6 nitrogen and oxygen atoms in total. The quantitative estimate of drug-likeness (QED) is 0.768. The maximum atomic E-state index is 12.5. The van der Waals surface area contributed by atoms with Gasteiger partial charge in [0.25, 0.3) is 5.91 Å². The largest absolute Gasteiger partial charge is 0.493 e. The molecule has 0 unspecified atom stereocenters. The van der Waals surface area contributed by atoms with Crippen molar-refractivity contribution in [3.63, 3.8) is 0 Å². The Morgan fingerprint density at radius 3 is 2.44 bits per heavy atom. The number of amides is 2. The SMILES string of the molecule is COc1ccc(NC(=O)c2cccc(NC(=O)C3CC3)c2)cc1OC(F)F. The number of hydrogen-bond donors (Lipinski definition) is 2. The summed E-state index contributed by atoms with van der Waals surface area (Å²) >= 11 is 0. The Morgan fingerprint density at radius 2 is 1.78 bits per heavy atom. The second-order valence-corrected chi connectivity index (χ2v) is 6.04. The van der Waals surface area contributed by atoms with Crippen molar-refractivity contribution >= 4 is 23.2 Å². The van der Waals surface area contributed by atoms with Gasteiger partial charge in [-0.05, 0) is 43.2 Å². The van der Waals surface area contributed by atoms with Crippen LogP contribution in [0, 0.1) is 5.92 Å². The van der Waals surface area contributed by atoms with Crippen molar-refractivity contribution in [2.75, 3.05) is 17.7 Å². The molecule has 27 heavy (non-hydrogen) atoms. The minimum absolute atomic E-state index is 0.0510. The number of methoxy groups -OCH3 is 1. The van der Waals surface area contributed by atoms with Crippen LogP contribution in [0.5, 0.6) is 11.5 Å². The van der Waals surface area contributed by atoms with E-state index in [9.17, 15) is 18.4 Å². The molecule has 0 heterocycles. The summed E-state index contributed by atoms with van der Waals surface area (Å²) in [4.78, 5) is 24.3. The topological polar surface area (TPSA) is 76.7 Å². The number of anilines is 2. The van der Waals surface area contributed by atoms with Crippen LogP contribution in [0.4, 0.5) is 20.2 Å². The molecule has 0 radical (unpaired) electrons. The third-order valence-corrected chi connectivity index (χ3v) is 3.98. The minimum Gasteiger partial charge on any atom is -0.493 e. The van der Waals surface area contributed by atoms with Crippen LogP contribution in [0.3, 0.4) is 0 Å². The first kappa shape index (κ1) is 18.6. The van der Waals surface area contributed by atoms with Gasteiger partial charge in [0.05, 0.1) is 7.11 Å². The maximum absolute atomic E-state index is 12.5. The third kappa shape index (κ3) is 4.93. The maximum Gasteiger partial charge on any atom is 0.387 e. The molecule has 1 aliphatic rings. The zero-order chi connectivity index (χ0) is 19.4. The summed E-state index contributed by atoms with van der Waals surface area (Å²) in [5.74, 6) is -0.522. The van der Waals surface area contributed by atoms with E-state index in [0.717, 1.165) is 12.8 Å². The van der Waals surface area contributed by atoms with Crippen LogP contribution in [0.15, 0.2) is 42.5 Å². The number of halogens is 2. The zero-order valence-corrected chi connectivity index (χ0v) is 14.5. The highest BCUT2D eigenvalue weighted by Crippen LogP contribution is 2.32. The van der Waals surface area contributed by atoms with Gasteiger partial charge in [0.15, 0.2) is 11.5 Å². The summed E-state index contributed by atoms with van der Waals surface area (Å²) in [7, 11) is 1.33. The second-order valence-electron chi connectivity index (χ2n) is 6.04. The van der Waals surface area contributed by atoms with Gasteiger partial charge in [0, 0.05) is 28.9 Å².